The molecule has 0 unspecified atom stereocenters. The van der Waals surface area contributed by atoms with E-state index in [9.17, 15) is 14.7 Å². The molecule has 5 nitrogen and oxygen atoms in total. The maximum Gasteiger partial charge on any atom is 0.270 e. The lowest BCUT2D eigenvalue weighted by atomic mass is 10.0. The number of thiocarbonyl (C=S) groups is 1. The second-order valence-electron chi connectivity index (χ2n) is 6.49. The van der Waals surface area contributed by atoms with Gasteiger partial charge < -0.3 is 14.6 Å². The smallest absolute Gasteiger partial charge is 0.270 e. The summed E-state index contributed by atoms with van der Waals surface area (Å²) < 4.78 is 6.12. The van der Waals surface area contributed by atoms with Crippen molar-refractivity contribution in [2.45, 2.75) is 6.92 Å². The molecule has 1 fully saturated rings. The molecule has 1 heterocycles. The van der Waals surface area contributed by atoms with Crippen molar-refractivity contribution in [1.29, 1.82) is 0 Å². The molecule has 0 bridgehead atoms. The normalized spacial score (nSPS) is 15.2. The Morgan fingerprint density at radius 2 is 1.97 bits per heavy atom. The van der Waals surface area contributed by atoms with Gasteiger partial charge in [0.05, 0.1) is 23.2 Å². The molecule has 0 aliphatic carbocycles. The van der Waals surface area contributed by atoms with Crippen molar-refractivity contribution < 1.29 is 19.4 Å². The summed E-state index contributed by atoms with van der Waals surface area (Å²) >= 11 is 6.59. The second kappa shape index (κ2) is 8.30. The number of benzene rings is 3. The van der Waals surface area contributed by atoms with Gasteiger partial charge in [-0.05, 0) is 47.5 Å². The molecular formula is C23H16NO4S2-. The molecule has 150 valence electrons. The first kappa shape index (κ1) is 20.1. The van der Waals surface area contributed by atoms with E-state index in [-0.39, 0.29) is 11.5 Å². The minimum atomic E-state index is -1.31. The average Bonchev–Trinajstić information content (AvgIpc) is 3.03. The fourth-order valence-corrected chi connectivity index (χ4v) is 4.58. The van der Waals surface area contributed by atoms with Crippen molar-refractivity contribution in [2.75, 3.05) is 11.5 Å². The Balaban J connectivity index is 1.79. The zero-order valence-corrected chi connectivity index (χ0v) is 17.6. The third kappa shape index (κ3) is 3.69. The van der Waals surface area contributed by atoms with Crippen LogP contribution >= 0.6 is 24.0 Å². The van der Waals surface area contributed by atoms with Crippen LogP contribution in [0.25, 0.3) is 16.8 Å². The van der Waals surface area contributed by atoms with Crippen LogP contribution in [-0.4, -0.2) is 22.8 Å². The Kier molecular flexibility index (Phi) is 5.57. The Morgan fingerprint density at radius 3 is 2.73 bits per heavy atom. The number of carbonyl (C=O) groups excluding carboxylic acids is 2. The zero-order valence-electron chi connectivity index (χ0n) is 16.0. The van der Waals surface area contributed by atoms with Crippen LogP contribution < -0.4 is 14.7 Å². The summed E-state index contributed by atoms with van der Waals surface area (Å²) in [6, 6.07) is 17.7. The zero-order chi connectivity index (χ0) is 21.3. The molecule has 0 spiro atoms. The van der Waals surface area contributed by atoms with Gasteiger partial charge in [-0.25, -0.2) is 0 Å². The molecule has 0 saturated carbocycles. The van der Waals surface area contributed by atoms with Gasteiger partial charge >= 0.3 is 0 Å². The highest BCUT2D eigenvalue weighted by molar-refractivity contribution is 8.27. The van der Waals surface area contributed by atoms with Crippen molar-refractivity contribution >= 4 is 62.7 Å². The summed E-state index contributed by atoms with van der Waals surface area (Å²) in [7, 11) is 0. The number of hydrogen-bond acceptors (Lipinski definition) is 6. The fraction of sp³-hybridized carbons (Fsp3) is 0.0870. The summed E-state index contributed by atoms with van der Waals surface area (Å²) in [6.07, 6.45) is 1.79. The topological polar surface area (TPSA) is 69.7 Å². The van der Waals surface area contributed by atoms with E-state index in [2.05, 4.69) is 0 Å². The summed E-state index contributed by atoms with van der Waals surface area (Å²) in [6.45, 7) is 2.40. The molecule has 30 heavy (non-hydrogen) atoms. The molecule has 3 aromatic carbocycles. The summed E-state index contributed by atoms with van der Waals surface area (Å²) in [5, 5.41) is 13.2. The molecule has 0 aromatic heterocycles. The lowest BCUT2D eigenvalue weighted by Crippen LogP contribution is -2.28. The first-order valence-electron chi connectivity index (χ1n) is 9.23. The van der Waals surface area contributed by atoms with E-state index < -0.39 is 5.97 Å². The van der Waals surface area contributed by atoms with Gasteiger partial charge in [-0.1, -0.05) is 66.4 Å². The molecule has 7 heteroatoms. The number of rotatable bonds is 5. The van der Waals surface area contributed by atoms with Crippen LogP contribution in [0.4, 0.5) is 5.69 Å². The Bertz CT molecular complexity index is 1220. The van der Waals surface area contributed by atoms with E-state index in [1.165, 1.54) is 28.8 Å². The van der Waals surface area contributed by atoms with Crippen molar-refractivity contribution in [1.82, 2.24) is 0 Å². The number of anilines is 1. The number of carbonyl (C=O) groups is 2. The van der Waals surface area contributed by atoms with Crippen molar-refractivity contribution in [3.63, 3.8) is 0 Å². The molecular weight excluding hydrogens is 418 g/mol. The highest BCUT2D eigenvalue weighted by Gasteiger charge is 2.33. The largest absolute Gasteiger partial charge is 0.545 e. The molecule has 1 saturated heterocycles. The van der Waals surface area contributed by atoms with Crippen molar-refractivity contribution in [3.8, 4) is 5.75 Å². The summed E-state index contributed by atoms with van der Waals surface area (Å²) in [4.78, 5) is 26.1. The maximum absolute atomic E-state index is 13.2. The number of aromatic carboxylic acids is 1. The number of nitrogens with zero attached hydrogens (tertiary/aromatic N) is 1. The van der Waals surface area contributed by atoms with Gasteiger partial charge in [0.15, 0.2) is 4.32 Å². The van der Waals surface area contributed by atoms with Gasteiger partial charge in [0, 0.05) is 5.56 Å². The quantitative estimate of drug-likeness (QED) is 0.446. The van der Waals surface area contributed by atoms with Crippen LogP contribution in [0.15, 0.2) is 65.6 Å². The van der Waals surface area contributed by atoms with E-state index in [1.807, 2.05) is 43.3 Å². The SMILES string of the molecule is CCOc1ccc2ccccc2c1/C=C1\SC(=S)N(c2cccc(C(=O)[O-])c2)C1=O. The summed E-state index contributed by atoms with van der Waals surface area (Å²) in [5.74, 6) is -0.939. The van der Waals surface area contributed by atoms with Gasteiger partial charge in [0.2, 0.25) is 0 Å². The van der Waals surface area contributed by atoms with Gasteiger partial charge in [-0.2, -0.15) is 0 Å². The number of fused-ring (bicyclic) bond motifs is 1. The lowest BCUT2D eigenvalue weighted by Gasteiger charge is -2.16. The lowest BCUT2D eigenvalue weighted by molar-refractivity contribution is -0.255. The van der Waals surface area contributed by atoms with Crippen LogP contribution in [0.2, 0.25) is 0 Å². The Morgan fingerprint density at radius 1 is 1.17 bits per heavy atom. The molecule has 4 rings (SSSR count). The van der Waals surface area contributed by atoms with Crippen molar-refractivity contribution in [3.05, 3.63) is 76.7 Å². The third-order valence-corrected chi connectivity index (χ3v) is 5.94. The molecule has 0 atom stereocenters. The summed E-state index contributed by atoms with van der Waals surface area (Å²) in [5.41, 5.74) is 1.18. The van der Waals surface area contributed by atoms with Crippen LogP contribution in [0.5, 0.6) is 5.75 Å². The second-order valence-corrected chi connectivity index (χ2v) is 8.16. The minimum absolute atomic E-state index is 0.0155. The van der Waals surface area contributed by atoms with Gasteiger partial charge in [-0.15, -0.1) is 0 Å². The molecule has 1 amide bonds. The van der Waals surface area contributed by atoms with Crippen LogP contribution in [0.3, 0.4) is 0 Å². The predicted octanol–water partition coefficient (Wildman–Crippen LogP) is 4.01. The standard InChI is InChI=1S/C23H17NO4S2/c1-2-28-19-11-10-14-6-3-4-9-17(14)18(19)13-20-21(25)24(23(29)30-20)16-8-5-7-15(12-16)22(26)27/h3-13H,2H2,1H3,(H,26,27)/p-1/b20-13-. The first-order chi connectivity index (χ1) is 14.5. The van der Waals surface area contributed by atoms with Gasteiger partial charge in [-0.3, -0.25) is 9.69 Å². The number of thioether (sulfide) groups is 1. The van der Waals surface area contributed by atoms with Crippen LogP contribution in [0.1, 0.15) is 22.8 Å². The van der Waals surface area contributed by atoms with E-state index in [1.54, 1.807) is 18.2 Å². The highest BCUT2D eigenvalue weighted by atomic mass is 32.2. The van der Waals surface area contributed by atoms with E-state index in [0.717, 1.165) is 16.3 Å². The molecule has 1 aliphatic heterocycles. The number of hydrogen-bond donors (Lipinski definition) is 0. The number of carboxylic acids is 1. The first-order valence-corrected chi connectivity index (χ1v) is 10.5. The maximum atomic E-state index is 13.2. The highest BCUT2D eigenvalue weighted by Crippen LogP contribution is 2.39. The third-order valence-electron chi connectivity index (χ3n) is 4.64. The fourth-order valence-electron chi connectivity index (χ4n) is 3.30. The Hall–Kier alpha value is -3.16. The number of ether oxygens (including phenoxy) is 1. The monoisotopic (exact) mass is 434 g/mol. The minimum Gasteiger partial charge on any atom is -0.545 e. The van der Waals surface area contributed by atoms with Crippen molar-refractivity contribution in [2.24, 2.45) is 0 Å². The van der Waals surface area contributed by atoms with E-state index in [4.69, 9.17) is 17.0 Å². The number of carboxylic acid groups (broad SMARTS) is 1. The van der Waals surface area contributed by atoms with Gasteiger partial charge in [0.25, 0.3) is 5.91 Å². The molecule has 3 aromatic rings. The van der Waals surface area contributed by atoms with E-state index in [0.29, 0.717) is 27.3 Å². The molecule has 1 aliphatic rings. The molecule has 0 radical (unpaired) electrons. The predicted molar refractivity (Wildman–Crippen MR) is 122 cm³/mol. The molecule has 0 N–H and O–H groups in total. The average molecular weight is 435 g/mol. The van der Waals surface area contributed by atoms with Crippen LogP contribution in [-0.2, 0) is 4.79 Å². The van der Waals surface area contributed by atoms with Crippen LogP contribution in [0, 0.1) is 0 Å². The van der Waals surface area contributed by atoms with E-state index >= 15 is 0 Å². The Labute approximate surface area is 183 Å². The van der Waals surface area contributed by atoms with Gasteiger partial charge in [0.1, 0.15) is 5.75 Å². The number of amides is 1.